The molecule has 6 rings (SSSR count). The molecule has 2 aliphatic rings. The van der Waals surface area contributed by atoms with Gasteiger partial charge in [-0.15, -0.1) is 0 Å². The summed E-state index contributed by atoms with van der Waals surface area (Å²) < 4.78 is 7.35. The van der Waals surface area contributed by atoms with Crippen molar-refractivity contribution in [1.82, 2.24) is 25.0 Å². The van der Waals surface area contributed by atoms with Gasteiger partial charge >= 0.3 is 0 Å². The number of likely N-dealkylation sites (tertiary alicyclic amines) is 1. The van der Waals surface area contributed by atoms with Crippen molar-refractivity contribution >= 4 is 45.0 Å². The summed E-state index contributed by atoms with van der Waals surface area (Å²) in [7, 11) is 1.96. The van der Waals surface area contributed by atoms with Crippen molar-refractivity contribution in [2.24, 2.45) is 7.05 Å². The van der Waals surface area contributed by atoms with Gasteiger partial charge in [0.25, 0.3) is 5.91 Å². The normalized spacial score (nSPS) is 16.8. The maximum absolute atomic E-state index is 11.6. The maximum Gasteiger partial charge on any atom is 0.262 e. The fourth-order valence-electron chi connectivity index (χ4n) is 5.34. The Balaban J connectivity index is 1.06. The van der Waals surface area contributed by atoms with Crippen molar-refractivity contribution in [3.05, 3.63) is 58.9 Å². The number of aryl methyl sites for hydroxylation is 1. The Kier molecular flexibility index (Phi) is 6.25. The Bertz CT molecular complexity index is 1440. The number of amides is 1. The van der Waals surface area contributed by atoms with Crippen molar-refractivity contribution in [3.8, 4) is 5.75 Å². The van der Waals surface area contributed by atoms with E-state index in [2.05, 4.69) is 43.8 Å². The molecule has 2 aliphatic heterocycles. The maximum atomic E-state index is 11.6. The van der Waals surface area contributed by atoms with Gasteiger partial charge in [0.1, 0.15) is 5.75 Å². The van der Waals surface area contributed by atoms with Crippen LogP contribution in [-0.2, 0) is 24.8 Å². The van der Waals surface area contributed by atoms with Gasteiger partial charge in [0.15, 0.2) is 6.61 Å². The van der Waals surface area contributed by atoms with Gasteiger partial charge < -0.3 is 20.3 Å². The second kappa shape index (κ2) is 9.69. The fraction of sp³-hybridized carbons (Fsp3) is 0.370. The first-order valence-electron chi connectivity index (χ1n) is 12.4. The first-order valence-corrected chi connectivity index (χ1v) is 12.8. The van der Waals surface area contributed by atoms with Crippen molar-refractivity contribution in [2.75, 3.05) is 31.6 Å². The zero-order chi connectivity index (χ0) is 24.6. The summed E-state index contributed by atoms with van der Waals surface area (Å²) in [6.07, 6.45) is 6.77. The van der Waals surface area contributed by atoms with Gasteiger partial charge in [-0.2, -0.15) is 5.10 Å². The van der Waals surface area contributed by atoms with Crippen molar-refractivity contribution in [1.29, 1.82) is 0 Å². The first kappa shape index (κ1) is 23.2. The number of nitrogens with one attached hydrogen (secondary N) is 2. The number of aromatic nitrogens is 3. The zero-order valence-electron chi connectivity index (χ0n) is 20.3. The highest BCUT2D eigenvalue weighted by molar-refractivity contribution is 6.32. The van der Waals surface area contributed by atoms with Gasteiger partial charge in [0.05, 0.1) is 27.9 Å². The van der Waals surface area contributed by atoms with Crippen LogP contribution in [-0.4, -0.2) is 57.9 Å². The lowest BCUT2D eigenvalue weighted by atomic mass is 10.0. The summed E-state index contributed by atoms with van der Waals surface area (Å²) in [5.41, 5.74) is 5.11. The number of hydrogen-bond donors (Lipinski definition) is 2. The lowest BCUT2D eigenvalue weighted by Gasteiger charge is -2.32. The molecule has 1 amide bonds. The minimum atomic E-state index is -0.106. The third kappa shape index (κ3) is 4.52. The predicted octanol–water partition coefficient (Wildman–Crippen LogP) is 3.90. The highest BCUT2D eigenvalue weighted by atomic mass is 35.5. The average Bonchev–Trinajstić information content (AvgIpc) is 3.28. The van der Waals surface area contributed by atoms with Crippen molar-refractivity contribution < 1.29 is 9.53 Å². The number of rotatable bonds is 6. The van der Waals surface area contributed by atoms with Gasteiger partial charge in [-0.1, -0.05) is 17.7 Å². The van der Waals surface area contributed by atoms with Gasteiger partial charge in [0.2, 0.25) is 0 Å². The molecule has 0 spiro atoms. The van der Waals surface area contributed by atoms with E-state index in [4.69, 9.17) is 16.3 Å². The average molecular weight is 505 g/mol. The standard InChI is InChI=1S/C27H29ClN6O2/c1-33-24-4-3-22-27(20(24)14-31-33)19(21(28)15-30-22)8-11-34-9-6-18(7-10-34)29-13-17-2-5-25-23(12-17)32-26(35)16-36-25/h2-5,12,14-15,18,29H,6-11,13,16H2,1H3,(H,32,35). The molecule has 2 N–H and O–H groups in total. The summed E-state index contributed by atoms with van der Waals surface area (Å²) in [6.45, 7) is 3.92. The molecule has 2 aromatic heterocycles. The Morgan fingerprint density at radius 2 is 2.06 bits per heavy atom. The lowest BCUT2D eigenvalue weighted by molar-refractivity contribution is -0.118. The molecule has 186 valence electrons. The van der Waals surface area contributed by atoms with E-state index in [1.807, 2.05) is 30.1 Å². The number of benzene rings is 2. The van der Waals surface area contributed by atoms with Gasteiger partial charge in [0, 0.05) is 43.1 Å². The summed E-state index contributed by atoms with van der Waals surface area (Å²) in [4.78, 5) is 18.7. The van der Waals surface area contributed by atoms with Crippen LogP contribution in [0.15, 0.2) is 42.7 Å². The molecule has 1 fully saturated rings. The molecule has 0 bridgehead atoms. The van der Waals surface area contributed by atoms with E-state index in [1.165, 1.54) is 0 Å². The number of piperidine rings is 1. The quantitative estimate of drug-likeness (QED) is 0.414. The lowest BCUT2D eigenvalue weighted by Crippen LogP contribution is -2.42. The van der Waals surface area contributed by atoms with Crippen LogP contribution in [0.2, 0.25) is 5.02 Å². The SMILES string of the molecule is Cn1ncc2c3c(CCN4CCC(NCc5ccc6c(c5)NC(=O)CO6)CC4)c(Cl)cnc3ccc21. The van der Waals surface area contributed by atoms with E-state index in [-0.39, 0.29) is 12.5 Å². The molecule has 8 nitrogen and oxygen atoms in total. The highest BCUT2D eigenvalue weighted by Gasteiger charge is 2.21. The predicted molar refractivity (Wildman–Crippen MR) is 142 cm³/mol. The Morgan fingerprint density at radius 1 is 1.19 bits per heavy atom. The van der Waals surface area contributed by atoms with E-state index in [0.717, 1.165) is 94.8 Å². The number of nitrogens with zero attached hydrogens (tertiary/aromatic N) is 4. The minimum Gasteiger partial charge on any atom is -0.482 e. The van der Waals surface area contributed by atoms with E-state index in [0.29, 0.717) is 6.04 Å². The summed E-state index contributed by atoms with van der Waals surface area (Å²) in [5.74, 6) is 0.629. The van der Waals surface area contributed by atoms with Crippen LogP contribution in [0.1, 0.15) is 24.0 Å². The van der Waals surface area contributed by atoms with Crippen LogP contribution in [0.3, 0.4) is 0 Å². The number of pyridine rings is 1. The molecule has 0 atom stereocenters. The van der Waals surface area contributed by atoms with E-state index < -0.39 is 0 Å². The molecule has 4 heterocycles. The second-order valence-electron chi connectivity index (χ2n) is 9.66. The Hall–Kier alpha value is -3.20. The number of carbonyl (C=O) groups excluding carboxylic acids is 1. The van der Waals surface area contributed by atoms with Crippen molar-refractivity contribution in [3.63, 3.8) is 0 Å². The van der Waals surface area contributed by atoms with E-state index in [1.54, 1.807) is 6.20 Å². The summed E-state index contributed by atoms with van der Waals surface area (Å²) in [6, 6.07) is 10.6. The molecule has 4 aromatic rings. The van der Waals surface area contributed by atoms with Crippen LogP contribution >= 0.6 is 11.6 Å². The molecule has 36 heavy (non-hydrogen) atoms. The van der Waals surface area contributed by atoms with Gasteiger partial charge in [-0.05, 0) is 67.7 Å². The number of ether oxygens (including phenoxy) is 1. The van der Waals surface area contributed by atoms with Crippen LogP contribution in [0, 0.1) is 0 Å². The number of anilines is 1. The van der Waals surface area contributed by atoms with Gasteiger partial charge in [-0.25, -0.2) is 0 Å². The van der Waals surface area contributed by atoms with Gasteiger partial charge in [-0.3, -0.25) is 14.5 Å². The molecule has 0 aliphatic carbocycles. The van der Waals surface area contributed by atoms with E-state index in [9.17, 15) is 4.79 Å². The number of fused-ring (bicyclic) bond motifs is 4. The topological polar surface area (TPSA) is 84.3 Å². The van der Waals surface area contributed by atoms with Crippen LogP contribution in [0.4, 0.5) is 5.69 Å². The molecule has 0 saturated carbocycles. The first-order chi connectivity index (χ1) is 17.5. The number of hydrogen-bond acceptors (Lipinski definition) is 6. The molecular weight excluding hydrogens is 476 g/mol. The zero-order valence-corrected chi connectivity index (χ0v) is 21.0. The van der Waals surface area contributed by atoms with Crippen molar-refractivity contribution in [2.45, 2.75) is 31.8 Å². The number of halogens is 1. The van der Waals surface area contributed by atoms with E-state index >= 15 is 0 Å². The molecule has 1 saturated heterocycles. The minimum absolute atomic E-state index is 0.0839. The Labute approximate surface area is 214 Å². The number of carbonyl (C=O) groups is 1. The molecule has 0 radical (unpaired) electrons. The summed E-state index contributed by atoms with van der Waals surface area (Å²) in [5, 5.41) is 14.0. The molecule has 0 unspecified atom stereocenters. The molecule has 2 aromatic carbocycles. The third-order valence-corrected chi connectivity index (χ3v) is 7.68. The van der Waals surface area contributed by atoms with Crippen LogP contribution < -0.4 is 15.4 Å². The van der Waals surface area contributed by atoms with Crippen LogP contribution in [0.5, 0.6) is 5.75 Å². The monoisotopic (exact) mass is 504 g/mol. The highest BCUT2D eigenvalue weighted by Crippen LogP contribution is 2.32. The fourth-order valence-corrected chi connectivity index (χ4v) is 5.58. The third-order valence-electron chi connectivity index (χ3n) is 7.35. The summed E-state index contributed by atoms with van der Waals surface area (Å²) >= 11 is 6.65. The largest absolute Gasteiger partial charge is 0.482 e. The molecular formula is C27H29ClN6O2. The van der Waals surface area contributed by atoms with Crippen LogP contribution in [0.25, 0.3) is 21.8 Å². The smallest absolute Gasteiger partial charge is 0.262 e. The molecule has 9 heteroatoms. The Morgan fingerprint density at radius 3 is 2.92 bits per heavy atom. The second-order valence-corrected chi connectivity index (χ2v) is 10.1.